The molecule has 28 heavy (non-hydrogen) atoms. The monoisotopic (exact) mass is 378 g/mol. The zero-order chi connectivity index (χ0) is 19.9. The van der Waals surface area contributed by atoms with Gasteiger partial charge < -0.3 is 25.8 Å². The predicted molar refractivity (Wildman–Crippen MR) is 105 cm³/mol. The lowest BCUT2D eigenvalue weighted by molar-refractivity contribution is 0.102. The van der Waals surface area contributed by atoms with Crippen LogP contribution in [0.5, 0.6) is 11.5 Å². The molecular formula is C20H18N4O4. The molecule has 0 saturated heterocycles. The van der Waals surface area contributed by atoms with Gasteiger partial charge in [-0.3, -0.25) is 4.79 Å². The van der Waals surface area contributed by atoms with E-state index in [9.17, 15) is 9.59 Å². The average molecular weight is 378 g/mol. The summed E-state index contributed by atoms with van der Waals surface area (Å²) in [5, 5.41) is 5.77. The normalized spacial score (nSPS) is 10.0. The largest absolute Gasteiger partial charge is 0.495 e. The van der Waals surface area contributed by atoms with Crippen molar-refractivity contribution < 1.29 is 19.1 Å². The third-order valence-corrected chi connectivity index (χ3v) is 3.65. The van der Waals surface area contributed by atoms with E-state index in [1.54, 1.807) is 43.5 Å². The van der Waals surface area contributed by atoms with Crippen molar-refractivity contribution in [2.45, 2.75) is 0 Å². The van der Waals surface area contributed by atoms with Gasteiger partial charge in [0.25, 0.3) is 5.91 Å². The molecule has 0 saturated carbocycles. The highest BCUT2D eigenvalue weighted by atomic mass is 16.5. The van der Waals surface area contributed by atoms with Crippen LogP contribution in [0.15, 0.2) is 66.7 Å². The van der Waals surface area contributed by atoms with Crippen LogP contribution in [0.2, 0.25) is 0 Å². The third kappa shape index (κ3) is 4.76. The molecule has 0 radical (unpaired) electrons. The Kier molecular flexibility index (Phi) is 5.71. The molecule has 0 aliphatic carbocycles. The number of nitrogens with two attached hydrogens (primary N) is 1. The number of para-hydroxylation sites is 3. The van der Waals surface area contributed by atoms with Gasteiger partial charge >= 0.3 is 6.09 Å². The van der Waals surface area contributed by atoms with Gasteiger partial charge in [-0.25, -0.2) is 9.78 Å². The molecule has 8 heteroatoms. The minimum atomic E-state index is -0.996. The number of hydrogen-bond acceptors (Lipinski definition) is 6. The Morgan fingerprint density at radius 1 is 1.00 bits per heavy atom. The Hall–Kier alpha value is -4.07. The summed E-state index contributed by atoms with van der Waals surface area (Å²) in [6, 6.07) is 18.9. The van der Waals surface area contributed by atoms with Gasteiger partial charge in [-0.15, -0.1) is 0 Å². The van der Waals surface area contributed by atoms with Gasteiger partial charge in [0.2, 0.25) is 0 Å². The molecule has 142 valence electrons. The zero-order valence-electron chi connectivity index (χ0n) is 15.0. The first-order valence-corrected chi connectivity index (χ1v) is 8.31. The van der Waals surface area contributed by atoms with Gasteiger partial charge in [0, 0.05) is 17.8 Å². The molecule has 0 aliphatic rings. The second kappa shape index (κ2) is 8.54. The van der Waals surface area contributed by atoms with Crippen molar-refractivity contribution in [1.82, 2.24) is 4.98 Å². The molecular weight excluding hydrogens is 360 g/mol. The number of methoxy groups -OCH3 is 1. The number of rotatable bonds is 6. The van der Waals surface area contributed by atoms with E-state index in [2.05, 4.69) is 15.6 Å². The van der Waals surface area contributed by atoms with Crippen LogP contribution in [0.25, 0.3) is 0 Å². The van der Waals surface area contributed by atoms with E-state index in [0.29, 0.717) is 17.1 Å². The molecule has 3 rings (SSSR count). The van der Waals surface area contributed by atoms with Gasteiger partial charge in [0.05, 0.1) is 12.8 Å². The highest BCUT2D eigenvalue weighted by Crippen LogP contribution is 2.28. The second-order valence-corrected chi connectivity index (χ2v) is 5.64. The maximum Gasteiger partial charge on any atom is 0.409 e. The first kappa shape index (κ1) is 18.7. The lowest BCUT2D eigenvalue weighted by atomic mass is 10.2. The fourth-order valence-corrected chi connectivity index (χ4v) is 2.46. The van der Waals surface area contributed by atoms with Crippen molar-refractivity contribution in [3.05, 3.63) is 72.4 Å². The molecule has 4 N–H and O–H groups in total. The topological polar surface area (TPSA) is 116 Å². The van der Waals surface area contributed by atoms with Crippen LogP contribution in [0.4, 0.5) is 22.0 Å². The van der Waals surface area contributed by atoms with E-state index in [-0.39, 0.29) is 17.3 Å². The van der Waals surface area contributed by atoms with E-state index in [4.69, 9.17) is 15.2 Å². The highest BCUT2D eigenvalue weighted by molar-refractivity contribution is 6.03. The van der Waals surface area contributed by atoms with Crippen LogP contribution < -0.4 is 25.8 Å². The molecule has 0 aliphatic heterocycles. The van der Waals surface area contributed by atoms with Crippen molar-refractivity contribution in [2.24, 2.45) is 5.73 Å². The number of anilines is 3. The van der Waals surface area contributed by atoms with Gasteiger partial charge in [-0.2, -0.15) is 0 Å². The summed E-state index contributed by atoms with van der Waals surface area (Å²) in [6.07, 6.45) is -0.996. The van der Waals surface area contributed by atoms with Crippen molar-refractivity contribution in [2.75, 3.05) is 17.7 Å². The summed E-state index contributed by atoms with van der Waals surface area (Å²) < 4.78 is 10.2. The van der Waals surface area contributed by atoms with Crippen molar-refractivity contribution in [1.29, 1.82) is 0 Å². The molecule has 2 aromatic carbocycles. The molecule has 8 nitrogen and oxygen atoms in total. The Morgan fingerprint density at radius 3 is 2.43 bits per heavy atom. The molecule has 0 spiro atoms. The van der Waals surface area contributed by atoms with Crippen molar-refractivity contribution in [3.63, 3.8) is 0 Å². The number of benzene rings is 2. The molecule has 1 heterocycles. The first-order valence-electron chi connectivity index (χ1n) is 8.31. The van der Waals surface area contributed by atoms with Gasteiger partial charge in [-0.05, 0) is 24.3 Å². The number of nitrogens with zero attached hydrogens (tertiary/aromatic N) is 1. The van der Waals surface area contributed by atoms with Crippen LogP contribution in [-0.4, -0.2) is 24.1 Å². The van der Waals surface area contributed by atoms with E-state index in [1.807, 2.05) is 18.2 Å². The number of amides is 2. The number of hydrogen-bond donors (Lipinski definition) is 3. The number of aromatic nitrogens is 1. The molecule has 2 amide bonds. The van der Waals surface area contributed by atoms with Crippen molar-refractivity contribution in [3.8, 4) is 11.5 Å². The number of carbonyl (C=O) groups is 2. The van der Waals surface area contributed by atoms with Crippen LogP contribution in [0.3, 0.4) is 0 Å². The minimum absolute atomic E-state index is 0.0417. The average Bonchev–Trinajstić information content (AvgIpc) is 2.68. The lowest BCUT2D eigenvalue weighted by Gasteiger charge is -2.13. The molecule has 1 aromatic heterocycles. The van der Waals surface area contributed by atoms with Crippen LogP contribution in [0, 0.1) is 0 Å². The minimum Gasteiger partial charge on any atom is -0.495 e. The Labute approximate surface area is 161 Å². The SMILES string of the molecule is COc1ccccc1Nc1cc(OC(N)=O)cc(C(=O)Nc2ccccc2)n1. The third-order valence-electron chi connectivity index (χ3n) is 3.65. The first-order chi connectivity index (χ1) is 13.5. The summed E-state index contributed by atoms with van der Waals surface area (Å²) in [5.74, 6) is 0.476. The van der Waals surface area contributed by atoms with E-state index < -0.39 is 12.0 Å². The van der Waals surface area contributed by atoms with E-state index >= 15 is 0 Å². The Bertz CT molecular complexity index is 993. The summed E-state index contributed by atoms with van der Waals surface area (Å²) in [5.41, 5.74) is 6.38. The van der Waals surface area contributed by atoms with Gasteiger partial charge in [0.15, 0.2) is 0 Å². The summed E-state index contributed by atoms with van der Waals surface area (Å²) in [4.78, 5) is 28.0. The highest BCUT2D eigenvalue weighted by Gasteiger charge is 2.14. The summed E-state index contributed by atoms with van der Waals surface area (Å²) in [6.45, 7) is 0. The predicted octanol–water partition coefficient (Wildman–Crippen LogP) is 3.54. The maximum atomic E-state index is 12.6. The maximum absolute atomic E-state index is 12.6. The second-order valence-electron chi connectivity index (χ2n) is 5.64. The van der Waals surface area contributed by atoms with Gasteiger partial charge in [0.1, 0.15) is 23.0 Å². The standard InChI is InChI=1S/C20H18N4O4/c1-27-17-10-6-5-9-15(17)23-18-12-14(28-20(21)26)11-16(24-18)19(25)22-13-7-3-2-4-8-13/h2-12H,1H3,(H2,21,26)(H,22,25)(H,23,24). The molecule has 0 bridgehead atoms. The quantitative estimate of drug-likeness (QED) is 0.604. The Balaban J connectivity index is 1.92. The Morgan fingerprint density at radius 2 is 1.71 bits per heavy atom. The fourth-order valence-electron chi connectivity index (χ4n) is 2.46. The number of ether oxygens (including phenoxy) is 2. The van der Waals surface area contributed by atoms with Crippen molar-refractivity contribution >= 4 is 29.2 Å². The van der Waals surface area contributed by atoms with Gasteiger partial charge in [-0.1, -0.05) is 30.3 Å². The number of primary amides is 1. The van der Waals surface area contributed by atoms with E-state index in [0.717, 1.165) is 0 Å². The molecule has 0 fully saturated rings. The molecule has 3 aromatic rings. The number of pyridine rings is 1. The van der Waals surface area contributed by atoms with Crippen LogP contribution in [-0.2, 0) is 0 Å². The summed E-state index contributed by atoms with van der Waals surface area (Å²) in [7, 11) is 1.54. The van der Waals surface area contributed by atoms with Crippen LogP contribution >= 0.6 is 0 Å². The molecule has 0 unspecified atom stereocenters. The zero-order valence-corrected chi connectivity index (χ0v) is 15.0. The van der Waals surface area contributed by atoms with E-state index in [1.165, 1.54) is 12.1 Å². The molecule has 0 atom stereocenters. The smallest absolute Gasteiger partial charge is 0.409 e. The van der Waals surface area contributed by atoms with Crippen LogP contribution in [0.1, 0.15) is 10.5 Å². The lowest BCUT2D eigenvalue weighted by Crippen LogP contribution is -2.18. The fraction of sp³-hybridized carbons (Fsp3) is 0.0500. The summed E-state index contributed by atoms with van der Waals surface area (Å²) >= 11 is 0. The number of nitrogens with one attached hydrogen (secondary N) is 2. The number of carbonyl (C=O) groups excluding carboxylic acids is 2.